The van der Waals surface area contributed by atoms with Crippen molar-refractivity contribution in [2.24, 2.45) is 0 Å². The summed E-state index contributed by atoms with van der Waals surface area (Å²) in [6.07, 6.45) is 9.33. The molecule has 0 spiro atoms. The van der Waals surface area contributed by atoms with E-state index in [0.29, 0.717) is 4.91 Å². The van der Waals surface area contributed by atoms with Crippen LogP contribution < -0.4 is 56.3 Å². The molecule has 164 valence electrons. The number of amides is 1. The summed E-state index contributed by atoms with van der Waals surface area (Å²) >= 11 is 8.00. The SMILES string of the molecule is CCCCCN1C(=CC=C(C)C=C2SC(=S)N([CH-]C(=O)O)C2=O)Sc2cc(C)ccc21.[K+]. The summed E-state index contributed by atoms with van der Waals surface area (Å²) in [7, 11) is 0. The Morgan fingerprint density at radius 1 is 1.28 bits per heavy atom. The Bertz CT molecular complexity index is 1000. The van der Waals surface area contributed by atoms with Crippen LogP contribution in [0.2, 0.25) is 0 Å². The van der Waals surface area contributed by atoms with Gasteiger partial charge in [-0.05, 0) is 55.7 Å². The number of hydrogen-bond acceptors (Lipinski definition) is 6. The number of aliphatic carboxylic acids is 1. The number of benzene rings is 1. The molecule has 0 atom stereocenters. The summed E-state index contributed by atoms with van der Waals surface area (Å²) in [6.45, 7) is 8.01. The van der Waals surface area contributed by atoms with E-state index in [0.717, 1.165) is 46.8 Å². The summed E-state index contributed by atoms with van der Waals surface area (Å²) in [5.41, 5.74) is 3.38. The molecule has 1 saturated heterocycles. The molecule has 0 bridgehead atoms. The number of allylic oxidation sites excluding steroid dienone is 4. The fourth-order valence-corrected chi connectivity index (χ4v) is 5.69. The van der Waals surface area contributed by atoms with Crippen molar-refractivity contribution in [1.29, 1.82) is 0 Å². The first-order chi connectivity index (χ1) is 14.8. The number of carbonyl (C=O) groups excluding carboxylic acids is 1. The summed E-state index contributed by atoms with van der Waals surface area (Å²) < 4.78 is 0.226. The van der Waals surface area contributed by atoms with Gasteiger partial charge >= 0.3 is 51.4 Å². The zero-order valence-electron chi connectivity index (χ0n) is 18.8. The van der Waals surface area contributed by atoms with E-state index < -0.39 is 11.9 Å². The van der Waals surface area contributed by atoms with Gasteiger partial charge in [0, 0.05) is 11.4 Å². The fourth-order valence-electron chi connectivity index (χ4n) is 3.25. The van der Waals surface area contributed by atoms with E-state index in [1.807, 2.05) is 13.0 Å². The zero-order valence-corrected chi connectivity index (χ0v) is 24.3. The van der Waals surface area contributed by atoms with Crippen molar-refractivity contribution in [3.05, 3.63) is 64.0 Å². The number of carboxylic acids is 1. The minimum absolute atomic E-state index is 0. The van der Waals surface area contributed by atoms with E-state index in [9.17, 15) is 9.59 Å². The van der Waals surface area contributed by atoms with Gasteiger partial charge in [-0.25, -0.2) is 0 Å². The topological polar surface area (TPSA) is 60.9 Å². The number of anilines is 1. The smallest absolute Gasteiger partial charge is 0.502 e. The van der Waals surface area contributed by atoms with Gasteiger partial charge in [0.2, 0.25) is 5.91 Å². The molecular weight excluding hydrogens is 488 g/mol. The molecular formula is C23H25KN2O3S3. The first-order valence-corrected chi connectivity index (χ1v) is 12.1. The van der Waals surface area contributed by atoms with Gasteiger partial charge in [0.25, 0.3) is 0 Å². The average molecular weight is 513 g/mol. The number of thioether (sulfide) groups is 2. The Balaban J connectivity index is 0.00000363. The van der Waals surface area contributed by atoms with Gasteiger partial charge in [-0.1, -0.05) is 67.6 Å². The maximum Gasteiger partial charge on any atom is 1.00 e. The number of fused-ring (bicyclic) bond motifs is 1. The fraction of sp³-hybridized carbons (Fsp3) is 0.304. The third-order valence-electron chi connectivity index (χ3n) is 4.78. The molecule has 1 aromatic rings. The van der Waals surface area contributed by atoms with Gasteiger partial charge in [-0.3, -0.25) is 9.59 Å². The maximum absolute atomic E-state index is 12.4. The Kier molecular flexibility index (Phi) is 11.1. The van der Waals surface area contributed by atoms with Crippen molar-refractivity contribution >= 4 is 57.6 Å². The second-order valence-corrected chi connectivity index (χ2v) is 10.1. The molecule has 0 unspecified atom stereocenters. The first-order valence-electron chi connectivity index (χ1n) is 10.1. The Morgan fingerprint density at radius 2 is 2.03 bits per heavy atom. The number of aryl methyl sites for hydroxylation is 1. The minimum atomic E-state index is -1.20. The van der Waals surface area contributed by atoms with E-state index >= 15 is 0 Å². The van der Waals surface area contributed by atoms with Crippen LogP contribution in [0.3, 0.4) is 0 Å². The van der Waals surface area contributed by atoms with Crippen LogP contribution in [0.5, 0.6) is 0 Å². The molecule has 1 amide bonds. The number of unbranched alkanes of at least 4 members (excludes halogenated alkanes) is 2. The second-order valence-electron chi connectivity index (χ2n) is 7.37. The monoisotopic (exact) mass is 512 g/mol. The van der Waals surface area contributed by atoms with E-state index in [2.05, 4.69) is 43.0 Å². The van der Waals surface area contributed by atoms with Crippen LogP contribution >= 0.6 is 35.7 Å². The van der Waals surface area contributed by atoms with Gasteiger partial charge in [0.05, 0.1) is 15.6 Å². The first kappa shape index (κ1) is 27.7. The number of thiocarbonyl (C=S) groups is 1. The van der Waals surface area contributed by atoms with E-state index in [-0.39, 0.29) is 55.7 Å². The predicted molar refractivity (Wildman–Crippen MR) is 133 cm³/mol. The van der Waals surface area contributed by atoms with Gasteiger partial charge in [0.15, 0.2) is 5.97 Å². The van der Waals surface area contributed by atoms with Crippen LogP contribution in [0.15, 0.2) is 56.8 Å². The Morgan fingerprint density at radius 3 is 2.72 bits per heavy atom. The van der Waals surface area contributed by atoms with Gasteiger partial charge in [-0.15, -0.1) is 0 Å². The Labute approximate surface area is 246 Å². The molecule has 1 N–H and O–H groups in total. The van der Waals surface area contributed by atoms with Crippen molar-refractivity contribution in [2.45, 2.75) is 44.9 Å². The third kappa shape index (κ3) is 6.99. The van der Waals surface area contributed by atoms with Gasteiger partial charge < -0.3 is 14.9 Å². The number of rotatable bonds is 8. The summed E-state index contributed by atoms with van der Waals surface area (Å²) in [5, 5.41) is 10.1. The molecule has 0 radical (unpaired) electrons. The molecule has 2 heterocycles. The van der Waals surface area contributed by atoms with Crippen LogP contribution in [0.25, 0.3) is 0 Å². The van der Waals surface area contributed by atoms with E-state index in [1.54, 1.807) is 17.8 Å². The van der Waals surface area contributed by atoms with Crippen LogP contribution in [0, 0.1) is 13.5 Å². The molecule has 5 nitrogen and oxygen atoms in total. The number of carboxylic acid groups (broad SMARTS) is 1. The molecule has 0 aliphatic carbocycles. The number of nitrogens with zero attached hydrogens (tertiary/aromatic N) is 2. The van der Waals surface area contributed by atoms with E-state index in [4.69, 9.17) is 17.3 Å². The molecule has 3 rings (SSSR count). The third-order valence-corrected chi connectivity index (χ3v) is 7.23. The minimum Gasteiger partial charge on any atom is -0.502 e. The van der Waals surface area contributed by atoms with E-state index in [1.165, 1.54) is 29.0 Å². The molecule has 0 saturated carbocycles. The largest absolute Gasteiger partial charge is 1.00 e. The number of hydrogen-bond donors (Lipinski definition) is 1. The molecule has 2 aliphatic rings. The predicted octanol–water partition coefficient (Wildman–Crippen LogP) is 2.88. The van der Waals surface area contributed by atoms with Crippen LogP contribution in [0.1, 0.15) is 38.7 Å². The normalized spacial score (nSPS) is 18.4. The van der Waals surface area contributed by atoms with Crippen molar-refractivity contribution in [1.82, 2.24) is 4.90 Å². The molecule has 2 aliphatic heterocycles. The molecule has 1 aromatic carbocycles. The Hall–Kier alpha value is -0.524. The summed E-state index contributed by atoms with van der Waals surface area (Å²) in [4.78, 5) is 28.4. The molecule has 32 heavy (non-hydrogen) atoms. The quantitative estimate of drug-likeness (QED) is 0.189. The molecule has 0 aromatic heterocycles. The maximum atomic E-state index is 12.4. The van der Waals surface area contributed by atoms with Crippen LogP contribution in [-0.2, 0) is 9.59 Å². The van der Waals surface area contributed by atoms with Crippen molar-refractivity contribution < 1.29 is 66.1 Å². The molecule has 1 fully saturated rings. The summed E-state index contributed by atoms with van der Waals surface area (Å²) in [6, 6.07) is 6.55. The van der Waals surface area contributed by atoms with Crippen molar-refractivity contribution in [2.75, 3.05) is 11.4 Å². The van der Waals surface area contributed by atoms with Crippen LogP contribution in [0.4, 0.5) is 5.69 Å². The summed E-state index contributed by atoms with van der Waals surface area (Å²) in [5.74, 6) is -1.61. The number of carbonyl (C=O) groups is 2. The standard InChI is InChI=1S/C23H25N2O3S3.K/c1-4-5-6-11-24-17-9-7-15(2)12-18(17)30-20(24)10-8-16(3)13-19-22(28)25(14-21(26)27)23(29)31-19;/h7-10,12-14H,4-6,11H2,1-3H3,(H,26,27);/q-1;+1. The van der Waals surface area contributed by atoms with Crippen LogP contribution in [-0.4, -0.2) is 32.7 Å². The van der Waals surface area contributed by atoms with Gasteiger partial charge in [-0.2, -0.15) is 6.54 Å². The van der Waals surface area contributed by atoms with Crippen molar-refractivity contribution in [3.63, 3.8) is 0 Å². The van der Waals surface area contributed by atoms with Crippen molar-refractivity contribution in [3.8, 4) is 0 Å². The average Bonchev–Trinajstić information content (AvgIpc) is 3.17. The second kappa shape index (κ2) is 12.8. The van der Waals surface area contributed by atoms with Gasteiger partial charge in [0.1, 0.15) is 4.32 Å². The molecule has 9 heteroatoms. The zero-order chi connectivity index (χ0) is 22.5.